The zero-order chi connectivity index (χ0) is 10.7. The highest BCUT2D eigenvalue weighted by Crippen LogP contribution is 2.28. The number of rotatable bonds is 3. The molecule has 0 fully saturated rings. The van der Waals surface area contributed by atoms with Gasteiger partial charge in [0.2, 0.25) is 0 Å². The van der Waals surface area contributed by atoms with Crippen LogP contribution in [0.25, 0.3) is 0 Å². The Morgan fingerprint density at radius 1 is 1.47 bits per heavy atom. The lowest BCUT2D eigenvalue weighted by Crippen LogP contribution is -2.23. The molecule has 1 aromatic rings. The maximum Gasteiger partial charge on any atom is 0.165 e. The van der Waals surface area contributed by atoms with Crippen molar-refractivity contribution in [1.82, 2.24) is 0 Å². The fraction of sp³-hybridized carbons (Fsp3) is 0.400. The van der Waals surface area contributed by atoms with Crippen LogP contribution < -0.4 is 10.5 Å². The van der Waals surface area contributed by atoms with E-state index < -0.39 is 18.0 Å². The zero-order valence-electron chi connectivity index (χ0n) is 8.61. The van der Waals surface area contributed by atoms with E-state index in [1.54, 1.807) is 13.0 Å². The van der Waals surface area contributed by atoms with Gasteiger partial charge in [-0.2, -0.15) is 0 Å². The molecule has 0 heterocycles. The Morgan fingerprint density at radius 2 is 2.07 bits per heavy atom. The van der Waals surface area contributed by atoms with Crippen LogP contribution in [-0.4, -0.2) is 18.3 Å². The highest BCUT2D eigenvalue weighted by atomic mass is 35.5. The summed E-state index contributed by atoms with van der Waals surface area (Å²) in [7, 11) is 1.37. The Balaban J connectivity index is 0.00000196. The maximum absolute atomic E-state index is 13.2. The number of hydrogen-bond acceptors (Lipinski definition) is 3. The molecule has 0 saturated carbocycles. The summed E-state index contributed by atoms with van der Waals surface area (Å²) in [5.41, 5.74) is 6.16. The van der Waals surface area contributed by atoms with E-state index in [4.69, 9.17) is 10.5 Å². The van der Waals surface area contributed by atoms with Gasteiger partial charge in [-0.25, -0.2) is 4.39 Å². The lowest BCUT2D eigenvalue weighted by molar-refractivity contribution is 0.162. The zero-order valence-corrected chi connectivity index (χ0v) is 9.42. The molecule has 86 valence electrons. The Labute approximate surface area is 94.5 Å². The van der Waals surface area contributed by atoms with Crippen molar-refractivity contribution in [3.63, 3.8) is 0 Å². The lowest BCUT2D eigenvalue weighted by Gasteiger charge is -2.18. The minimum absolute atomic E-state index is 0. The summed E-state index contributed by atoms with van der Waals surface area (Å²) in [4.78, 5) is 0. The van der Waals surface area contributed by atoms with E-state index in [0.29, 0.717) is 5.56 Å². The molecule has 3 N–H and O–H groups in total. The molecule has 0 unspecified atom stereocenters. The number of benzene rings is 1. The van der Waals surface area contributed by atoms with Crippen LogP contribution in [0.2, 0.25) is 0 Å². The van der Waals surface area contributed by atoms with E-state index in [0.717, 1.165) is 0 Å². The fourth-order valence-electron chi connectivity index (χ4n) is 1.26. The SMILES string of the molecule is COc1c(F)cccc1[C@@H](N)[C@H](C)O.Cl. The molecule has 0 aliphatic rings. The molecule has 0 aromatic heterocycles. The summed E-state index contributed by atoms with van der Waals surface area (Å²) >= 11 is 0. The lowest BCUT2D eigenvalue weighted by atomic mass is 10.0. The van der Waals surface area contributed by atoms with Gasteiger partial charge in [0.15, 0.2) is 11.6 Å². The third-order valence-corrected chi connectivity index (χ3v) is 2.08. The normalized spacial score (nSPS) is 13.9. The van der Waals surface area contributed by atoms with Crippen LogP contribution in [0, 0.1) is 5.82 Å². The van der Waals surface area contributed by atoms with Gasteiger partial charge in [-0.1, -0.05) is 12.1 Å². The van der Waals surface area contributed by atoms with E-state index >= 15 is 0 Å². The molecule has 0 saturated heterocycles. The summed E-state index contributed by atoms with van der Waals surface area (Å²) < 4.78 is 18.1. The van der Waals surface area contributed by atoms with Gasteiger partial charge in [0, 0.05) is 5.56 Å². The van der Waals surface area contributed by atoms with E-state index in [-0.39, 0.29) is 18.2 Å². The van der Waals surface area contributed by atoms with Crippen molar-refractivity contribution in [3.8, 4) is 5.75 Å². The average molecular weight is 236 g/mol. The molecule has 0 bridgehead atoms. The second-order valence-corrected chi connectivity index (χ2v) is 3.13. The quantitative estimate of drug-likeness (QED) is 0.838. The molecule has 2 atom stereocenters. The highest BCUT2D eigenvalue weighted by molar-refractivity contribution is 5.85. The summed E-state index contributed by atoms with van der Waals surface area (Å²) in [6, 6.07) is 3.83. The van der Waals surface area contributed by atoms with Gasteiger partial charge in [0.1, 0.15) is 0 Å². The molecule has 0 aliphatic carbocycles. The number of aliphatic hydroxyl groups is 1. The van der Waals surface area contributed by atoms with Crippen LogP contribution in [0.4, 0.5) is 4.39 Å². The number of nitrogens with two attached hydrogens (primary N) is 1. The van der Waals surface area contributed by atoms with Crippen LogP contribution in [0.1, 0.15) is 18.5 Å². The number of methoxy groups -OCH3 is 1. The van der Waals surface area contributed by atoms with Crippen molar-refractivity contribution in [2.45, 2.75) is 19.1 Å². The third kappa shape index (κ3) is 3.06. The molecule has 15 heavy (non-hydrogen) atoms. The first-order chi connectivity index (χ1) is 6.57. The molecule has 5 heteroatoms. The van der Waals surface area contributed by atoms with Crippen LogP contribution in [0.3, 0.4) is 0 Å². The Kier molecular flexibility index (Phi) is 5.57. The Hall–Kier alpha value is -0.840. The number of halogens is 2. The first kappa shape index (κ1) is 14.2. The van der Waals surface area contributed by atoms with Crippen molar-refractivity contribution in [3.05, 3.63) is 29.6 Å². The second kappa shape index (κ2) is 5.90. The van der Waals surface area contributed by atoms with Gasteiger partial charge < -0.3 is 15.6 Å². The molecular formula is C10H15ClFNO2. The third-order valence-electron chi connectivity index (χ3n) is 2.08. The predicted octanol–water partition coefficient (Wildman–Crippen LogP) is 1.64. The number of ether oxygens (including phenoxy) is 1. The summed E-state index contributed by atoms with van der Waals surface area (Å²) in [6.07, 6.45) is -0.745. The summed E-state index contributed by atoms with van der Waals surface area (Å²) in [5, 5.41) is 9.28. The molecule has 0 amide bonds. The molecule has 1 aromatic carbocycles. The van der Waals surface area contributed by atoms with E-state index in [1.165, 1.54) is 19.2 Å². The average Bonchev–Trinajstić information content (AvgIpc) is 2.16. The monoisotopic (exact) mass is 235 g/mol. The van der Waals surface area contributed by atoms with Crippen LogP contribution >= 0.6 is 12.4 Å². The molecule has 0 spiro atoms. The maximum atomic E-state index is 13.2. The molecule has 0 radical (unpaired) electrons. The standard InChI is InChI=1S/C10H14FNO2.ClH/c1-6(13)9(12)7-4-3-5-8(11)10(7)14-2;/h3-6,9,13H,12H2,1-2H3;1H/t6-,9-;/m0./s1. The van der Waals surface area contributed by atoms with Crippen molar-refractivity contribution in [2.75, 3.05) is 7.11 Å². The first-order valence-corrected chi connectivity index (χ1v) is 4.34. The number of para-hydroxylation sites is 1. The highest BCUT2D eigenvalue weighted by Gasteiger charge is 2.18. The number of aliphatic hydroxyl groups excluding tert-OH is 1. The Morgan fingerprint density at radius 3 is 2.53 bits per heavy atom. The minimum atomic E-state index is -0.745. The van der Waals surface area contributed by atoms with Gasteiger partial charge in [0.25, 0.3) is 0 Å². The molecular weight excluding hydrogens is 221 g/mol. The minimum Gasteiger partial charge on any atom is -0.493 e. The van der Waals surface area contributed by atoms with E-state index in [1.807, 2.05) is 0 Å². The first-order valence-electron chi connectivity index (χ1n) is 4.34. The largest absolute Gasteiger partial charge is 0.493 e. The van der Waals surface area contributed by atoms with Crippen LogP contribution in [-0.2, 0) is 0 Å². The topological polar surface area (TPSA) is 55.5 Å². The second-order valence-electron chi connectivity index (χ2n) is 3.13. The van der Waals surface area contributed by atoms with Crippen molar-refractivity contribution >= 4 is 12.4 Å². The predicted molar refractivity (Wildman–Crippen MR) is 58.8 cm³/mol. The van der Waals surface area contributed by atoms with Gasteiger partial charge in [-0.05, 0) is 13.0 Å². The van der Waals surface area contributed by atoms with Crippen molar-refractivity contribution in [2.24, 2.45) is 5.73 Å². The van der Waals surface area contributed by atoms with Gasteiger partial charge in [-0.15, -0.1) is 12.4 Å². The van der Waals surface area contributed by atoms with Crippen molar-refractivity contribution in [1.29, 1.82) is 0 Å². The van der Waals surface area contributed by atoms with Crippen molar-refractivity contribution < 1.29 is 14.2 Å². The molecule has 1 rings (SSSR count). The summed E-state index contributed by atoms with van der Waals surface area (Å²) in [5.74, 6) is -0.373. The van der Waals surface area contributed by atoms with E-state index in [9.17, 15) is 9.50 Å². The number of hydrogen-bond donors (Lipinski definition) is 2. The fourth-order valence-corrected chi connectivity index (χ4v) is 1.26. The van der Waals surface area contributed by atoms with E-state index in [2.05, 4.69) is 0 Å². The van der Waals surface area contributed by atoms with Gasteiger partial charge in [0.05, 0.1) is 19.3 Å². The smallest absolute Gasteiger partial charge is 0.165 e. The molecule has 0 aliphatic heterocycles. The van der Waals surface area contributed by atoms with Crippen LogP contribution in [0.5, 0.6) is 5.75 Å². The van der Waals surface area contributed by atoms with Crippen LogP contribution in [0.15, 0.2) is 18.2 Å². The summed E-state index contributed by atoms with van der Waals surface area (Å²) in [6.45, 7) is 1.55. The molecule has 3 nitrogen and oxygen atoms in total. The van der Waals surface area contributed by atoms with Gasteiger partial charge in [-0.3, -0.25) is 0 Å². The van der Waals surface area contributed by atoms with Gasteiger partial charge >= 0.3 is 0 Å². The Bertz CT molecular complexity index is 320.